The van der Waals surface area contributed by atoms with Crippen molar-refractivity contribution < 1.29 is 14.4 Å². The largest absolute Gasteiger partial charge is 0.359 e. The molecule has 1 aromatic carbocycles. The lowest BCUT2D eigenvalue weighted by Crippen LogP contribution is -2.32. The number of nitrogens with zero attached hydrogens (tertiary/aromatic N) is 1. The van der Waals surface area contributed by atoms with E-state index < -0.39 is 0 Å². The lowest BCUT2D eigenvalue weighted by atomic mass is 10.0. The molecular formula is C17H22ClN3O3. The molecule has 0 radical (unpaired) electrons. The van der Waals surface area contributed by atoms with Gasteiger partial charge in [0.05, 0.1) is 0 Å². The third-order valence-corrected chi connectivity index (χ3v) is 4.65. The van der Waals surface area contributed by atoms with E-state index in [1.165, 1.54) is 0 Å². The minimum Gasteiger partial charge on any atom is -0.359 e. The average molecular weight is 352 g/mol. The molecule has 0 aliphatic carbocycles. The van der Waals surface area contributed by atoms with Crippen LogP contribution >= 0.6 is 11.6 Å². The van der Waals surface area contributed by atoms with Crippen LogP contribution < -0.4 is 10.6 Å². The van der Waals surface area contributed by atoms with E-state index in [1.54, 1.807) is 30.1 Å². The van der Waals surface area contributed by atoms with Gasteiger partial charge in [-0.3, -0.25) is 14.4 Å². The zero-order valence-corrected chi connectivity index (χ0v) is 14.7. The molecule has 1 saturated heterocycles. The number of amides is 3. The van der Waals surface area contributed by atoms with Gasteiger partial charge < -0.3 is 15.5 Å². The zero-order chi connectivity index (χ0) is 17.7. The number of hydrogen-bond donors (Lipinski definition) is 2. The molecule has 3 amide bonds. The van der Waals surface area contributed by atoms with Gasteiger partial charge in [0.2, 0.25) is 17.7 Å². The van der Waals surface area contributed by atoms with Crippen molar-refractivity contribution >= 4 is 35.0 Å². The molecule has 1 aliphatic heterocycles. The number of anilines is 1. The first-order valence-corrected chi connectivity index (χ1v) is 8.31. The number of benzene rings is 1. The smallest absolute Gasteiger partial charge is 0.233 e. The Balaban J connectivity index is 1.85. The Labute approximate surface area is 146 Å². The molecule has 2 N–H and O–H groups in total. The maximum atomic E-state index is 12.2. The van der Waals surface area contributed by atoms with E-state index >= 15 is 0 Å². The predicted octanol–water partition coefficient (Wildman–Crippen LogP) is 1.96. The quantitative estimate of drug-likeness (QED) is 0.796. The third-order valence-electron chi connectivity index (χ3n) is 4.25. The van der Waals surface area contributed by atoms with E-state index in [0.29, 0.717) is 30.2 Å². The number of carbonyl (C=O) groups excluding carboxylic acids is 3. The Bertz CT molecular complexity index is 648. The highest BCUT2D eigenvalue weighted by Crippen LogP contribution is 2.23. The Morgan fingerprint density at radius 2 is 2.04 bits per heavy atom. The fourth-order valence-corrected chi connectivity index (χ4v) is 2.95. The molecule has 1 fully saturated rings. The Morgan fingerprint density at radius 3 is 2.75 bits per heavy atom. The molecule has 1 aliphatic rings. The second-order valence-electron chi connectivity index (χ2n) is 6.01. The SMILES string of the molecule is CNC(=O)CC1CCN(C(=O)CC(=O)Nc2cccc(Cl)c2C)C1. The molecule has 24 heavy (non-hydrogen) atoms. The summed E-state index contributed by atoms with van der Waals surface area (Å²) < 4.78 is 0. The maximum absolute atomic E-state index is 12.2. The van der Waals surface area contributed by atoms with Crippen molar-refractivity contribution in [2.24, 2.45) is 5.92 Å². The summed E-state index contributed by atoms with van der Waals surface area (Å²) in [4.78, 5) is 37.4. The van der Waals surface area contributed by atoms with Gasteiger partial charge in [0, 0.05) is 37.3 Å². The van der Waals surface area contributed by atoms with Gasteiger partial charge in [0.1, 0.15) is 6.42 Å². The highest BCUT2D eigenvalue weighted by molar-refractivity contribution is 6.31. The van der Waals surface area contributed by atoms with Crippen molar-refractivity contribution in [2.75, 3.05) is 25.5 Å². The Morgan fingerprint density at radius 1 is 1.29 bits per heavy atom. The van der Waals surface area contributed by atoms with Gasteiger partial charge >= 0.3 is 0 Å². The highest BCUT2D eigenvalue weighted by Gasteiger charge is 2.28. The molecule has 2 rings (SSSR count). The first-order chi connectivity index (χ1) is 11.4. The summed E-state index contributed by atoms with van der Waals surface area (Å²) >= 11 is 6.02. The highest BCUT2D eigenvalue weighted by atomic mass is 35.5. The summed E-state index contributed by atoms with van der Waals surface area (Å²) in [6, 6.07) is 5.24. The third kappa shape index (κ3) is 4.71. The lowest BCUT2D eigenvalue weighted by molar-refractivity contribution is -0.134. The van der Waals surface area contributed by atoms with Crippen LogP contribution in [-0.2, 0) is 14.4 Å². The summed E-state index contributed by atoms with van der Waals surface area (Å²) in [5.41, 5.74) is 1.38. The molecule has 0 spiro atoms. The van der Waals surface area contributed by atoms with Gasteiger partial charge in [0.15, 0.2) is 0 Å². The van der Waals surface area contributed by atoms with Gasteiger partial charge in [-0.2, -0.15) is 0 Å². The molecule has 1 aromatic rings. The second-order valence-corrected chi connectivity index (χ2v) is 6.42. The molecule has 1 atom stereocenters. The fourth-order valence-electron chi connectivity index (χ4n) is 2.78. The van der Waals surface area contributed by atoms with Gasteiger partial charge in [-0.05, 0) is 37.0 Å². The number of hydrogen-bond acceptors (Lipinski definition) is 3. The van der Waals surface area contributed by atoms with Gasteiger partial charge in [0.25, 0.3) is 0 Å². The number of rotatable bonds is 5. The van der Waals surface area contributed by atoms with Crippen LogP contribution in [0.3, 0.4) is 0 Å². The van der Waals surface area contributed by atoms with E-state index in [2.05, 4.69) is 10.6 Å². The van der Waals surface area contributed by atoms with Gasteiger partial charge in [-0.25, -0.2) is 0 Å². The molecular weight excluding hydrogens is 330 g/mol. The van der Waals surface area contributed by atoms with Crippen molar-refractivity contribution in [2.45, 2.75) is 26.2 Å². The van der Waals surface area contributed by atoms with Crippen molar-refractivity contribution in [3.8, 4) is 0 Å². The van der Waals surface area contributed by atoms with E-state index in [-0.39, 0.29) is 30.1 Å². The fraction of sp³-hybridized carbons (Fsp3) is 0.471. The molecule has 6 nitrogen and oxygen atoms in total. The lowest BCUT2D eigenvalue weighted by Gasteiger charge is -2.16. The van der Waals surface area contributed by atoms with Crippen LogP contribution in [0.15, 0.2) is 18.2 Å². The van der Waals surface area contributed by atoms with Crippen molar-refractivity contribution in [1.29, 1.82) is 0 Å². The van der Waals surface area contributed by atoms with Crippen LogP contribution in [0.4, 0.5) is 5.69 Å². The van der Waals surface area contributed by atoms with Crippen LogP contribution in [0, 0.1) is 12.8 Å². The number of halogens is 1. The predicted molar refractivity (Wildman–Crippen MR) is 92.8 cm³/mol. The van der Waals surface area contributed by atoms with Crippen LogP contribution in [0.2, 0.25) is 5.02 Å². The van der Waals surface area contributed by atoms with Crippen molar-refractivity contribution in [3.05, 3.63) is 28.8 Å². The minimum atomic E-state index is -0.361. The number of nitrogens with one attached hydrogen (secondary N) is 2. The normalized spacial score (nSPS) is 16.8. The standard InChI is InChI=1S/C17H22ClN3O3/c1-11-13(18)4-3-5-14(11)20-16(23)9-17(24)21-7-6-12(10-21)8-15(22)19-2/h3-5,12H,6-10H2,1-2H3,(H,19,22)(H,20,23). The molecule has 1 heterocycles. The molecule has 130 valence electrons. The molecule has 1 unspecified atom stereocenters. The van der Waals surface area contributed by atoms with E-state index in [1.807, 2.05) is 6.92 Å². The monoisotopic (exact) mass is 351 g/mol. The van der Waals surface area contributed by atoms with Crippen molar-refractivity contribution in [1.82, 2.24) is 10.2 Å². The number of carbonyl (C=O) groups is 3. The average Bonchev–Trinajstić information content (AvgIpc) is 3.00. The molecule has 0 aromatic heterocycles. The maximum Gasteiger partial charge on any atom is 0.233 e. The molecule has 7 heteroatoms. The summed E-state index contributed by atoms with van der Waals surface area (Å²) in [6.07, 6.45) is 0.987. The molecule has 0 bridgehead atoms. The topological polar surface area (TPSA) is 78.5 Å². The van der Waals surface area contributed by atoms with E-state index in [9.17, 15) is 14.4 Å². The van der Waals surface area contributed by atoms with Gasteiger partial charge in [-0.1, -0.05) is 17.7 Å². The Kier molecular flexibility index (Phi) is 6.20. The summed E-state index contributed by atoms with van der Waals surface area (Å²) in [6.45, 7) is 2.92. The first kappa shape index (κ1) is 18.3. The second kappa shape index (κ2) is 8.15. The number of likely N-dealkylation sites (tertiary alicyclic amines) is 1. The van der Waals surface area contributed by atoms with Crippen LogP contribution in [0.25, 0.3) is 0 Å². The van der Waals surface area contributed by atoms with Crippen LogP contribution in [0.5, 0.6) is 0 Å². The summed E-state index contributed by atoms with van der Waals surface area (Å²) in [7, 11) is 1.60. The van der Waals surface area contributed by atoms with Gasteiger partial charge in [-0.15, -0.1) is 0 Å². The molecule has 0 saturated carbocycles. The summed E-state index contributed by atoms with van der Waals surface area (Å²) in [5.74, 6) is -0.442. The van der Waals surface area contributed by atoms with E-state index in [0.717, 1.165) is 12.0 Å². The summed E-state index contributed by atoms with van der Waals surface area (Å²) in [5, 5.41) is 5.88. The first-order valence-electron chi connectivity index (χ1n) is 7.94. The minimum absolute atomic E-state index is 0.0246. The Hall–Kier alpha value is -2.08. The zero-order valence-electron chi connectivity index (χ0n) is 13.9. The van der Waals surface area contributed by atoms with E-state index in [4.69, 9.17) is 11.6 Å². The van der Waals surface area contributed by atoms with Crippen LogP contribution in [-0.4, -0.2) is 42.8 Å². The van der Waals surface area contributed by atoms with Crippen molar-refractivity contribution in [3.63, 3.8) is 0 Å². The van der Waals surface area contributed by atoms with Crippen LogP contribution in [0.1, 0.15) is 24.8 Å².